The molecule has 106 valence electrons. The molecule has 0 bridgehead atoms. The molecule has 2 saturated carbocycles. The third kappa shape index (κ3) is 4.26. The van der Waals surface area contributed by atoms with Crippen molar-refractivity contribution in [2.45, 2.75) is 84.1 Å². The van der Waals surface area contributed by atoms with Crippen LogP contribution in [0.5, 0.6) is 0 Å². The van der Waals surface area contributed by atoms with Gasteiger partial charge < -0.3 is 5.32 Å². The largest absolute Gasteiger partial charge is 0.314 e. The van der Waals surface area contributed by atoms with Crippen LogP contribution in [0.3, 0.4) is 0 Å². The molecular formula is C17H33N. The summed E-state index contributed by atoms with van der Waals surface area (Å²) >= 11 is 0. The van der Waals surface area contributed by atoms with Gasteiger partial charge in [0.1, 0.15) is 0 Å². The Bertz CT molecular complexity index is 226. The molecule has 1 nitrogen and oxygen atoms in total. The van der Waals surface area contributed by atoms with E-state index in [2.05, 4.69) is 19.2 Å². The molecule has 1 N–H and O–H groups in total. The standard InChI is InChI=1S/C17H33N/c1-3-6-15-8-5-10-17(12-11-15)18-13-16-9-4-7-14(16)2/h14-18H,3-13H2,1-2H3. The van der Waals surface area contributed by atoms with Crippen LogP contribution >= 0.6 is 0 Å². The first-order valence-electron chi connectivity index (χ1n) is 8.53. The van der Waals surface area contributed by atoms with Gasteiger partial charge in [-0.05, 0) is 50.0 Å². The van der Waals surface area contributed by atoms with E-state index in [0.29, 0.717) is 0 Å². The normalized spacial score (nSPS) is 37.7. The monoisotopic (exact) mass is 251 g/mol. The topological polar surface area (TPSA) is 12.0 Å². The van der Waals surface area contributed by atoms with Crippen LogP contribution < -0.4 is 5.32 Å². The minimum Gasteiger partial charge on any atom is -0.314 e. The molecule has 2 rings (SSSR count). The Balaban J connectivity index is 1.67. The van der Waals surface area contributed by atoms with E-state index in [1.54, 1.807) is 0 Å². The molecule has 0 aromatic rings. The van der Waals surface area contributed by atoms with Crippen molar-refractivity contribution >= 4 is 0 Å². The molecule has 0 aliphatic heterocycles. The minimum atomic E-state index is 0.833. The van der Waals surface area contributed by atoms with Crippen molar-refractivity contribution in [3.8, 4) is 0 Å². The Hall–Kier alpha value is -0.0400. The molecule has 0 aromatic heterocycles. The maximum Gasteiger partial charge on any atom is 0.00672 e. The van der Waals surface area contributed by atoms with Crippen molar-refractivity contribution in [1.29, 1.82) is 0 Å². The van der Waals surface area contributed by atoms with E-state index in [1.807, 2.05) is 0 Å². The van der Waals surface area contributed by atoms with E-state index in [9.17, 15) is 0 Å². The van der Waals surface area contributed by atoms with Crippen LogP contribution in [0, 0.1) is 17.8 Å². The summed E-state index contributed by atoms with van der Waals surface area (Å²) in [5.74, 6) is 2.98. The Morgan fingerprint density at radius 3 is 2.50 bits per heavy atom. The third-order valence-electron chi connectivity index (χ3n) is 5.49. The van der Waals surface area contributed by atoms with Crippen LogP contribution in [-0.2, 0) is 0 Å². The summed E-state index contributed by atoms with van der Waals surface area (Å²) < 4.78 is 0. The third-order valence-corrected chi connectivity index (χ3v) is 5.49. The SMILES string of the molecule is CCCC1CCCC(NCC2CCCC2C)CC1. The van der Waals surface area contributed by atoms with Crippen molar-refractivity contribution in [2.24, 2.45) is 17.8 Å². The van der Waals surface area contributed by atoms with E-state index in [0.717, 1.165) is 23.8 Å². The molecule has 2 aliphatic carbocycles. The molecule has 4 atom stereocenters. The molecule has 4 unspecified atom stereocenters. The van der Waals surface area contributed by atoms with Crippen LogP contribution in [0.4, 0.5) is 0 Å². The zero-order valence-electron chi connectivity index (χ0n) is 12.6. The lowest BCUT2D eigenvalue weighted by molar-refractivity contribution is 0.348. The minimum absolute atomic E-state index is 0.833. The fraction of sp³-hybridized carbons (Fsp3) is 1.00. The lowest BCUT2D eigenvalue weighted by atomic mass is 9.95. The van der Waals surface area contributed by atoms with Crippen molar-refractivity contribution in [3.63, 3.8) is 0 Å². The summed E-state index contributed by atoms with van der Waals surface area (Å²) in [7, 11) is 0. The molecule has 0 heterocycles. The summed E-state index contributed by atoms with van der Waals surface area (Å²) in [6.45, 7) is 6.08. The molecule has 0 saturated heterocycles. The molecule has 2 fully saturated rings. The van der Waals surface area contributed by atoms with E-state index < -0.39 is 0 Å². The first kappa shape index (κ1) is 14.4. The Morgan fingerprint density at radius 2 is 1.78 bits per heavy atom. The highest BCUT2D eigenvalue weighted by Crippen LogP contribution is 2.31. The Kier molecular flexibility index (Phi) is 6.01. The summed E-state index contributed by atoms with van der Waals surface area (Å²) in [5.41, 5.74) is 0. The lowest BCUT2D eigenvalue weighted by Crippen LogP contribution is -2.33. The second-order valence-electron chi connectivity index (χ2n) is 6.94. The van der Waals surface area contributed by atoms with Gasteiger partial charge in [-0.2, -0.15) is 0 Å². The summed E-state index contributed by atoms with van der Waals surface area (Å²) in [6.07, 6.45) is 14.5. The zero-order chi connectivity index (χ0) is 12.8. The van der Waals surface area contributed by atoms with Gasteiger partial charge in [-0.25, -0.2) is 0 Å². The Morgan fingerprint density at radius 1 is 0.944 bits per heavy atom. The average Bonchev–Trinajstić information content (AvgIpc) is 2.63. The van der Waals surface area contributed by atoms with Crippen LogP contribution in [0.2, 0.25) is 0 Å². The summed E-state index contributed by atoms with van der Waals surface area (Å²) in [6, 6.07) is 0.833. The number of nitrogens with one attached hydrogen (secondary N) is 1. The zero-order valence-corrected chi connectivity index (χ0v) is 12.6. The summed E-state index contributed by atoms with van der Waals surface area (Å²) in [5, 5.41) is 3.90. The van der Waals surface area contributed by atoms with E-state index in [-0.39, 0.29) is 0 Å². The molecule has 0 radical (unpaired) electrons. The fourth-order valence-electron chi connectivity index (χ4n) is 4.12. The van der Waals surface area contributed by atoms with Gasteiger partial charge >= 0.3 is 0 Å². The van der Waals surface area contributed by atoms with Crippen molar-refractivity contribution < 1.29 is 0 Å². The second-order valence-corrected chi connectivity index (χ2v) is 6.94. The molecule has 1 heteroatoms. The van der Waals surface area contributed by atoms with Gasteiger partial charge in [-0.15, -0.1) is 0 Å². The highest BCUT2D eigenvalue weighted by molar-refractivity contribution is 4.80. The van der Waals surface area contributed by atoms with Gasteiger partial charge in [0.2, 0.25) is 0 Å². The maximum absolute atomic E-state index is 3.90. The Labute approximate surface area is 114 Å². The molecule has 18 heavy (non-hydrogen) atoms. The second kappa shape index (κ2) is 7.53. The van der Waals surface area contributed by atoms with Crippen LogP contribution in [0.25, 0.3) is 0 Å². The van der Waals surface area contributed by atoms with E-state index in [4.69, 9.17) is 0 Å². The predicted octanol–water partition coefficient (Wildman–Crippen LogP) is 4.76. The first-order chi connectivity index (χ1) is 8.79. The average molecular weight is 251 g/mol. The predicted molar refractivity (Wildman–Crippen MR) is 79.8 cm³/mol. The van der Waals surface area contributed by atoms with Gasteiger partial charge in [0.15, 0.2) is 0 Å². The smallest absolute Gasteiger partial charge is 0.00672 e. The van der Waals surface area contributed by atoms with E-state index in [1.165, 1.54) is 70.8 Å². The molecule has 0 spiro atoms. The maximum atomic E-state index is 3.90. The number of rotatable bonds is 5. The first-order valence-corrected chi connectivity index (χ1v) is 8.53. The van der Waals surface area contributed by atoms with Gasteiger partial charge in [0.05, 0.1) is 0 Å². The molecule has 2 aliphatic rings. The van der Waals surface area contributed by atoms with Crippen molar-refractivity contribution in [1.82, 2.24) is 5.32 Å². The van der Waals surface area contributed by atoms with Crippen LogP contribution in [-0.4, -0.2) is 12.6 Å². The van der Waals surface area contributed by atoms with Crippen molar-refractivity contribution in [3.05, 3.63) is 0 Å². The number of hydrogen-bond acceptors (Lipinski definition) is 1. The summed E-state index contributed by atoms with van der Waals surface area (Å²) in [4.78, 5) is 0. The molecule has 0 aromatic carbocycles. The van der Waals surface area contributed by atoms with Crippen molar-refractivity contribution in [2.75, 3.05) is 6.54 Å². The fourth-order valence-corrected chi connectivity index (χ4v) is 4.12. The highest BCUT2D eigenvalue weighted by atomic mass is 14.9. The lowest BCUT2D eigenvalue weighted by Gasteiger charge is -2.22. The number of hydrogen-bond donors (Lipinski definition) is 1. The van der Waals surface area contributed by atoms with Gasteiger partial charge in [0.25, 0.3) is 0 Å². The van der Waals surface area contributed by atoms with Gasteiger partial charge in [0, 0.05) is 6.04 Å². The van der Waals surface area contributed by atoms with E-state index >= 15 is 0 Å². The highest BCUT2D eigenvalue weighted by Gasteiger charge is 2.24. The quantitative estimate of drug-likeness (QED) is 0.695. The van der Waals surface area contributed by atoms with Crippen LogP contribution in [0.1, 0.15) is 78.1 Å². The van der Waals surface area contributed by atoms with Gasteiger partial charge in [-0.3, -0.25) is 0 Å². The molecule has 0 amide bonds. The van der Waals surface area contributed by atoms with Gasteiger partial charge in [-0.1, -0.05) is 52.4 Å². The van der Waals surface area contributed by atoms with Crippen LogP contribution in [0.15, 0.2) is 0 Å². The molecular weight excluding hydrogens is 218 g/mol.